The highest BCUT2D eigenvalue weighted by molar-refractivity contribution is 5.93. The lowest BCUT2D eigenvalue weighted by Gasteiger charge is -2.18. The molecular formula is C13H18O5. The van der Waals surface area contributed by atoms with Crippen LogP contribution in [0.15, 0.2) is 11.6 Å². The van der Waals surface area contributed by atoms with Crippen molar-refractivity contribution in [2.45, 2.75) is 27.1 Å². The Morgan fingerprint density at radius 3 is 2.67 bits per heavy atom. The predicted molar refractivity (Wildman–Crippen MR) is 62.4 cm³/mol. The number of allylic oxidation sites excluding steroid dienone is 1. The van der Waals surface area contributed by atoms with Crippen LogP contribution < -0.4 is 0 Å². The van der Waals surface area contributed by atoms with Gasteiger partial charge < -0.3 is 14.2 Å². The smallest absolute Gasteiger partial charge is 0.334 e. The molecule has 0 aromatic carbocycles. The van der Waals surface area contributed by atoms with Crippen LogP contribution in [0.25, 0.3) is 0 Å². The lowest BCUT2D eigenvalue weighted by Crippen LogP contribution is -2.27. The Labute approximate surface area is 106 Å². The second-order valence-electron chi connectivity index (χ2n) is 4.51. The highest BCUT2D eigenvalue weighted by Gasteiger charge is 2.54. The number of ether oxygens (including phenoxy) is 3. The average molecular weight is 254 g/mol. The maximum atomic E-state index is 11.9. The van der Waals surface area contributed by atoms with Gasteiger partial charge in [0.15, 0.2) is 0 Å². The fourth-order valence-electron chi connectivity index (χ4n) is 2.68. The minimum absolute atomic E-state index is 0.0210. The Balaban J connectivity index is 2.23. The van der Waals surface area contributed by atoms with Gasteiger partial charge in [-0.1, -0.05) is 13.0 Å². The zero-order chi connectivity index (χ0) is 13.3. The molecule has 0 unspecified atom stereocenters. The molecule has 1 aliphatic carbocycles. The zero-order valence-corrected chi connectivity index (χ0v) is 10.8. The van der Waals surface area contributed by atoms with E-state index in [-0.39, 0.29) is 29.7 Å². The molecule has 0 radical (unpaired) electrons. The van der Waals surface area contributed by atoms with Crippen molar-refractivity contribution in [2.75, 3.05) is 13.2 Å². The van der Waals surface area contributed by atoms with Crippen LogP contribution in [-0.4, -0.2) is 31.4 Å². The first kappa shape index (κ1) is 13.1. The van der Waals surface area contributed by atoms with Crippen LogP contribution in [0.1, 0.15) is 20.8 Å². The van der Waals surface area contributed by atoms with Crippen molar-refractivity contribution in [1.82, 2.24) is 0 Å². The van der Waals surface area contributed by atoms with Gasteiger partial charge in [-0.2, -0.15) is 0 Å². The molecule has 1 fully saturated rings. The summed E-state index contributed by atoms with van der Waals surface area (Å²) in [7, 11) is 0. The monoisotopic (exact) mass is 254 g/mol. The fourth-order valence-corrected chi connectivity index (χ4v) is 2.68. The van der Waals surface area contributed by atoms with Crippen LogP contribution in [0.2, 0.25) is 0 Å². The molecule has 2 rings (SSSR count). The van der Waals surface area contributed by atoms with Gasteiger partial charge in [0.05, 0.1) is 18.4 Å². The second kappa shape index (κ2) is 5.10. The lowest BCUT2D eigenvalue weighted by molar-refractivity contribution is -0.166. The summed E-state index contributed by atoms with van der Waals surface area (Å²) < 4.78 is 15.6. The van der Waals surface area contributed by atoms with Crippen molar-refractivity contribution in [3.63, 3.8) is 0 Å². The van der Waals surface area contributed by atoms with Crippen molar-refractivity contribution in [1.29, 1.82) is 0 Å². The second-order valence-corrected chi connectivity index (χ2v) is 4.51. The number of carbonyl (C=O) groups is 2. The maximum absolute atomic E-state index is 11.9. The van der Waals surface area contributed by atoms with Crippen LogP contribution in [-0.2, 0) is 23.8 Å². The van der Waals surface area contributed by atoms with Gasteiger partial charge in [0.1, 0.15) is 0 Å². The number of esters is 2. The third-order valence-electron chi connectivity index (χ3n) is 3.39. The summed E-state index contributed by atoms with van der Waals surface area (Å²) in [5.41, 5.74) is 0.513. The molecule has 100 valence electrons. The van der Waals surface area contributed by atoms with E-state index in [1.165, 1.54) is 0 Å². The molecule has 1 heterocycles. The summed E-state index contributed by atoms with van der Waals surface area (Å²) in [6.07, 6.45) is 1.15. The van der Waals surface area contributed by atoms with E-state index < -0.39 is 6.29 Å². The van der Waals surface area contributed by atoms with Crippen molar-refractivity contribution in [3.8, 4) is 0 Å². The van der Waals surface area contributed by atoms with E-state index in [1.807, 2.05) is 13.8 Å². The first-order valence-electron chi connectivity index (χ1n) is 6.31. The summed E-state index contributed by atoms with van der Waals surface area (Å²) in [6.45, 7) is 6.24. The standard InChI is InChI=1S/C13H18O5/c1-4-16-11(14)8-6-7(3)9-10(8)13(17-5-2)18-12(9)15/h6-7,9-10,13H,4-5H2,1-3H3/t7-,9-,10+,13+/m1/s1. The van der Waals surface area contributed by atoms with Gasteiger partial charge in [0, 0.05) is 12.2 Å². The number of carbonyl (C=O) groups excluding carboxylic acids is 2. The van der Waals surface area contributed by atoms with Crippen LogP contribution in [0.5, 0.6) is 0 Å². The van der Waals surface area contributed by atoms with Crippen LogP contribution in [0, 0.1) is 17.8 Å². The van der Waals surface area contributed by atoms with Gasteiger partial charge in [0.2, 0.25) is 6.29 Å². The molecule has 0 spiro atoms. The van der Waals surface area contributed by atoms with Gasteiger partial charge in [-0.15, -0.1) is 0 Å². The minimum Gasteiger partial charge on any atom is -0.463 e. The number of rotatable bonds is 4. The number of fused-ring (bicyclic) bond motifs is 1. The molecule has 2 aliphatic rings. The molecule has 0 bridgehead atoms. The Morgan fingerprint density at radius 1 is 1.33 bits per heavy atom. The van der Waals surface area contributed by atoms with E-state index in [0.29, 0.717) is 18.8 Å². The van der Waals surface area contributed by atoms with Crippen LogP contribution in [0.3, 0.4) is 0 Å². The van der Waals surface area contributed by atoms with E-state index in [1.54, 1.807) is 13.0 Å². The van der Waals surface area contributed by atoms with E-state index >= 15 is 0 Å². The highest BCUT2D eigenvalue weighted by Crippen LogP contribution is 2.45. The van der Waals surface area contributed by atoms with Crippen molar-refractivity contribution in [3.05, 3.63) is 11.6 Å². The van der Waals surface area contributed by atoms with Gasteiger partial charge in [-0.05, 0) is 19.8 Å². The van der Waals surface area contributed by atoms with Crippen molar-refractivity contribution in [2.24, 2.45) is 17.8 Å². The number of hydrogen-bond acceptors (Lipinski definition) is 5. The van der Waals surface area contributed by atoms with Gasteiger partial charge in [0.25, 0.3) is 0 Å². The van der Waals surface area contributed by atoms with Crippen molar-refractivity contribution >= 4 is 11.9 Å². The fraction of sp³-hybridized carbons (Fsp3) is 0.692. The SMILES string of the molecule is CCOC(=O)C1=C[C@@H](C)[C@H]2C(=O)O[C@H](OCC)[C@@H]12. The molecule has 0 amide bonds. The zero-order valence-electron chi connectivity index (χ0n) is 10.8. The van der Waals surface area contributed by atoms with E-state index in [0.717, 1.165) is 0 Å². The normalized spacial score (nSPS) is 33.9. The molecule has 5 heteroatoms. The number of cyclic esters (lactones) is 1. The predicted octanol–water partition coefficient (Wildman–Crippen LogP) is 1.28. The molecule has 1 saturated heterocycles. The third-order valence-corrected chi connectivity index (χ3v) is 3.39. The Morgan fingerprint density at radius 2 is 2.06 bits per heavy atom. The van der Waals surface area contributed by atoms with Gasteiger partial charge in [-0.3, -0.25) is 4.79 Å². The molecule has 0 aromatic heterocycles. The quantitative estimate of drug-likeness (QED) is 0.707. The molecule has 5 nitrogen and oxygen atoms in total. The third kappa shape index (κ3) is 2.03. The largest absolute Gasteiger partial charge is 0.463 e. The number of hydrogen-bond donors (Lipinski definition) is 0. The first-order chi connectivity index (χ1) is 8.60. The van der Waals surface area contributed by atoms with E-state index in [4.69, 9.17) is 14.2 Å². The summed E-state index contributed by atoms with van der Waals surface area (Å²) in [6, 6.07) is 0. The molecule has 0 aromatic rings. The minimum atomic E-state index is -0.659. The van der Waals surface area contributed by atoms with Crippen LogP contribution >= 0.6 is 0 Å². The maximum Gasteiger partial charge on any atom is 0.334 e. The van der Waals surface area contributed by atoms with E-state index in [2.05, 4.69) is 0 Å². The van der Waals surface area contributed by atoms with Crippen molar-refractivity contribution < 1.29 is 23.8 Å². The average Bonchev–Trinajstić information content (AvgIpc) is 2.81. The Hall–Kier alpha value is -1.36. The highest BCUT2D eigenvalue weighted by atomic mass is 16.7. The summed E-state index contributed by atoms with van der Waals surface area (Å²) in [4.78, 5) is 23.7. The first-order valence-corrected chi connectivity index (χ1v) is 6.31. The van der Waals surface area contributed by atoms with Gasteiger partial charge in [-0.25, -0.2) is 4.79 Å². The molecule has 0 saturated carbocycles. The summed E-state index contributed by atoms with van der Waals surface area (Å²) in [5, 5.41) is 0. The van der Waals surface area contributed by atoms with E-state index in [9.17, 15) is 9.59 Å². The molecule has 18 heavy (non-hydrogen) atoms. The molecule has 0 N–H and O–H groups in total. The van der Waals surface area contributed by atoms with Gasteiger partial charge >= 0.3 is 11.9 Å². The van der Waals surface area contributed by atoms with Crippen LogP contribution in [0.4, 0.5) is 0 Å². The summed E-state index contributed by atoms with van der Waals surface area (Å²) in [5.74, 6) is -1.33. The topological polar surface area (TPSA) is 61.8 Å². The summed E-state index contributed by atoms with van der Waals surface area (Å²) >= 11 is 0. The molecule has 4 atom stereocenters. The lowest BCUT2D eigenvalue weighted by atomic mass is 9.88. The molecule has 1 aliphatic heterocycles. The Bertz CT molecular complexity index is 387. The molecular weight excluding hydrogens is 236 g/mol. The Kier molecular flexibility index (Phi) is 3.71.